The zero-order chi connectivity index (χ0) is 22.1. The highest BCUT2D eigenvalue weighted by molar-refractivity contribution is 5.99. The Morgan fingerprint density at radius 3 is 2.06 bits per heavy atom. The van der Waals surface area contributed by atoms with Gasteiger partial charge in [-0.15, -0.1) is 0 Å². The van der Waals surface area contributed by atoms with Crippen molar-refractivity contribution in [3.8, 4) is 5.75 Å². The molecule has 0 aliphatic rings. The van der Waals surface area contributed by atoms with Crippen molar-refractivity contribution in [1.29, 1.82) is 0 Å². The third kappa shape index (κ3) is 6.17. The SMILES string of the molecule is CNC(=O)NC(=O)[C@H](OC(=O)c1ccc(OCc2ccccc2)cc1)c1ccccc1. The topological polar surface area (TPSA) is 93.7 Å². The molecule has 0 spiro atoms. The molecule has 1 atom stereocenters. The smallest absolute Gasteiger partial charge is 0.339 e. The van der Waals surface area contributed by atoms with Crippen LogP contribution in [0.15, 0.2) is 84.9 Å². The minimum atomic E-state index is -1.28. The first-order valence-electron chi connectivity index (χ1n) is 9.62. The minimum Gasteiger partial charge on any atom is -0.489 e. The van der Waals surface area contributed by atoms with Crippen LogP contribution in [0.2, 0.25) is 0 Å². The lowest BCUT2D eigenvalue weighted by Crippen LogP contribution is -2.41. The number of imide groups is 1. The summed E-state index contributed by atoms with van der Waals surface area (Å²) in [6.45, 7) is 0.403. The fourth-order valence-electron chi connectivity index (χ4n) is 2.74. The molecule has 3 amide bonds. The van der Waals surface area contributed by atoms with E-state index in [1.54, 1.807) is 54.6 Å². The Morgan fingerprint density at radius 2 is 1.45 bits per heavy atom. The molecule has 0 aliphatic carbocycles. The highest BCUT2D eigenvalue weighted by atomic mass is 16.5. The molecule has 158 valence electrons. The van der Waals surface area contributed by atoms with Gasteiger partial charge in [0, 0.05) is 12.6 Å². The second kappa shape index (κ2) is 10.6. The Bertz CT molecular complexity index is 1020. The Morgan fingerprint density at radius 1 is 0.839 bits per heavy atom. The largest absolute Gasteiger partial charge is 0.489 e. The third-order valence-corrected chi connectivity index (χ3v) is 4.37. The standard InChI is InChI=1S/C24H22N2O5/c1-25-24(29)26-22(27)21(18-10-6-3-7-11-18)31-23(28)19-12-14-20(15-13-19)30-16-17-8-4-2-5-9-17/h2-15,21H,16H2,1H3,(H2,25,26,27,29)/t21-/m1/s1. The van der Waals surface area contributed by atoms with E-state index in [0.717, 1.165) is 5.56 Å². The van der Waals surface area contributed by atoms with Gasteiger partial charge in [0.2, 0.25) is 6.10 Å². The number of esters is 1. The number of rotatable bonds is 7. The highest BCUT2D eigenvalue weighted by Gasteiger charge is 2.26. The van der Waals surface area contributed by atoms with Gasteiger partial charge in [0.1, 0.15) is 12.4 Å². The average molecular weight is 418 g/mol. The zero-order valence-corrected chi connectivity index (χ0v) is 16.9. The number of hydrogen-bond donors (Lipinski definition) is 2. The number of carbonyl (C=O) groups excluding carboxylic acids is 3. The second-order valence-corrected chi connectivity index (χ2v) is 6.56. The summed E-state index contributed by atoms with van der Waals surface area (Å²) in [5.74, 6) is -0.852. The summed E-state index contributed by atoms with van der Waals surface area (Å²) < 4.78 is 11.1. The molecular weight excluding hydrogens is 396 g/mol. The van der Waals surface area contributed by atoms with Crippen molar-refractivity contribution in [1.82, 2.24) is 10.6 Å². The first-order chi connectivity index (χ1) is 15.1. The normalized spacial score (nSPS) is 11.1. The van der Waals surface area contributed by atoms with Gasteiger partial charge in [0.15, 0.2) is 0 Å². The average Bonchev–Trinajstić information content (AvgIpc) is 2.82. The maximum Gasteiger partial charge on any atom is 0.339 e. The second-order valence-electron chi connectivity index (χ2n) is 6.56. The number of hydrogen-bond acceptors (Lipinski definition) is 5. The molecule has 2 N–H and O–H groups in total. The monoisotopic (exact) mass is 418 g/mol. The van der Waals surface area contributed by atoms with Gasteiger partial charge in [-0.2, -0.15) is 0 Å². The van der Waals surface area contributed by atoms with Crippen molar-refractivity contribution < 1.29 is 23.9 Å². The molecule has 0 aromatic heterocycles. The summed E-state index contributed by atoms with van der Waals surface area (Å²) in [4.78, 5) is 36.6. The van der Waals surface area contributed by atoms with E-state index in [-0.39, 0.29) is 5.56 Å². The van der Waals surface area contributed by atoms with Gasteiger partial charge in [-0.3, -0.25) is 10.1 Å². The highest BCUT2D eigenvalue weighted by Crippen LogP contribution is 2.21. The summed E-state index contributed by atoms with van der Waals surface area (Å²) in [6.07, 6.45) is -1.28. The van der Waals surface area contributed by atoms with Crippen LogP contribution in [0.25, 0.3) is 0 Å². The quantitative estimate of drug-likeness (QED) is 0.572. The summed E-state index contributed by atoms with van der Waals surface area (Å²) in [7, 11) is 1.38. The summed E-state index contributed by atoms with van der Waals surface area (Å²) in [5.41, 5.74) is 1.72. The van der Waals surface area contributed by atoms with Crippen LogP contribution in [0.1, 0.15) is 27.6 Å². The van der Waals surface area contributed by atoms with Crippen LogP contribution in [0.4, 0.5) is 4.79 Å². The van der Waals surface area contributed by atoms with Crippen LogP contribution >= 0.6 is 0 Å². The Kier molecular flexibility index (Phi) is 7.37. The van der Waals surface area contributed by atoms with Gasteiger partial charge in [-0.1, -0.05) is 60.7 Å². The van der Waals surface area contributed by atoms with Crippen LogP contribution in [-0.4, -0.2) is 25.0 Å². The lowest BCUT2D eigenvalue weighted by molar-refractivity contribution is -0.129. The van der Waals surface area contributed by atoms with E-state index < -0.39 is 24.0 Å². The molecule has 7 heteroatoms. The van der Waals surface area contributed by atoms with E-state index in [0.29, 0.717) is 17.9 Å². The number of carbonyl (C=O) groups is 3. The maximum absolute atomic E-state index is 12.6. The molecule has 0 unspecified atom stereocenters. The van der Waals surface area contributed by atoms with Gasteiger partial charge >= 0.3 is 12.0 Å². The molecule has 3 aromatic carbocycles. The maximum atomic E-state index is 12.6. The van der Waals surface area contributed by atoms with Crippen molar-refractivity contribution in [3.63, 3.8) is 0 Å². The molecule has 0 saturated carbocycles. The Labute approximate surface area is 180 Å². The van der Waals surface area contributed by atoms with Crippen molar-refractivity contribution >= 4 is 17.9 Å². The number of benzene rings is 3. The molecule has 3 aromatic rings. The van der Waals surface area contributed by atoms with E-state index in [9.17, 15) is 14.4 Å². The zero-order valence-electron chi connectivity index (χ0n) is 16.9. The van der Waals surface area contributed by atoms with Crippen LogP contribution < -0.4 is 15.4 Å². The van der Waals surface area contributed by atoms with Gasteiger partial charge in [0.25, 0.3) is 5.91 Å². The van der Waals surface area contributed by atoms with Crippen LogP contribution in [0, 0.1) is 0 Å². The van der Waals surface area contributed by atoms with Crippen molar-refractivity contribution in [2.75, 3.05) is 7.05 Å². The van der Waals surface area contributed by atoms with Gasteiger partial charge in [0.05, 0.1) is 5.56 Å². The van der Waals surface area contributed by atoms with E-state index in [1.165, 1.54) is 7.05 Å². The molecule has 0 bridgehead atoms. The minimum absolute atomic E-state index is 0.251. The van der Waals surface area contributed by atoms with Crippen LogP contribution in [0.3, 0.4) is 0 Å². The molecule has 0 heterocycles. The van der Waals surface area contributed by atoms with Gasteiger partial charge < -0.3 is 14.8 Å². The predicted octanol–water partition coefficient (Wildman–Crippen LogP) is 3.62. The molecule has 0 radical (unpaired) electrons. The first kappa shape index (κ1) is 21.6. The number of nitrogens with one attached hydrogen (secondary N) is 2. The van der Waals surface area contributed by atoms with Crippen LogP contribution in [0.5, 0.6) is 5.75 Å². The summed E-state index contributed by atoms with van der Waals surface area (Å²) >= 11 is 0. The summed E-state index contributed by atoms with van der Waals surface area (Å²) in [5, 5.41) is 4.43. The van der Waals surface area contributed by atoms with Gasteiger partial charge in [-0.25, -0.2) is 9.59 Å². The van der Waals surface area contributed by atoms with Crippen LogP contribution in [-0.2, 0) is 16.1 Å². The fraction of sp³-hybridized carbons (Fsp3) is 0.125. The molecule has 3 rings (SSSR count). The first-order valence-corrected chi connectivity index (χ1v) is 9.62. The molecular formula is C24H22N2O5. The van der Waals surface area contributed by atoms with Gasteiger partial charge in [-0.05, 0) is 29.8 Å². The van der Waals surface area contributed by atoms with E-state index in [4.69, 9.17) is 9.47 Å². The fourth-order valence-corrected chi connectivity index (χ4v) is 2.74. The molecule has 0 saturated heterocycles. The molecule has 0 fully saturated rings. The van der Waals surface area contributed by atoms with E-state index in [2.05, 4.69) is 10.6 Å². The van der Waals surface area contributed by atoms with Crippen molar-refractivity contribution in [3.05, 3.63) is 102 Å². The van der Waals surface area contributed by atoms with Crippen molar-refractivity contribution in [2.45, 2.75) is 12.7 Å². The molecule has 0 aliphatic heterocycles. The third-order valence-electron chi connectivity index (χ3n) is 4.37. The molecule has 7 nitrogen and oxygen atoms in total. The number of urea groups is 1. The Balaban J connectivity index is 1.68. The Hall–Kier alpha value is -4.13. The van der Waals surface area contributed by atoms with E-state index >= 15 is 0 Å². The number of amides is 3. The van der Waals surface area contributed by atoms with Crippen molar-refractivity contribution in [2.24, 2.45) is 0 Å². The lowest BCUT2D eigenvalue weighted by atomic mass is 10.1. The summed E-state index contributed by atoms with van der Waals surface area (Å²) in [6, 6.07) is 23.9. The lowest BCUT2D eigenvalue weighted by Gasteiger charge is -2.17. The predicted molar refractivity (Wildman–Crippen MR) is 114 cm³/mol. The van der Waals surface area contributed by atoms with E-state index in [1.807, 2.05) is 30.3 Å². The number of ether oxygens (including phenoxy) is 2. The molecule has 31 heavy (non-hydrogen) atoms.